The van der Waals surface area contributed by atoms with Gasteiger partial charge in [-0.15, -0.1) is 0 Å². The maximum Gasteiger partial charge on any atom is 0.212 e. The first-order valence-corrected chi connectivity index (χ1v) is 7.24. The van der Waals surface area contributed by atoms with Gasteiger partial charge in [-0.2, -0.15) is 0 Å². The molecule has 0 atom stereocenters. The van der Waals surface area contributed by atoms with Gasteiger partial charge < -0.3 is 0 Å². The van der Waals surface area contributed by atoms with E-state index in [2.05, 4.69) is 70.6 Å². The van der Waals surface area contributed by atoms with E-state index in [0.717, 1.165) is 17.7 Å². The number of aryl methyl sites for hydroxylation is 3. The largest absolute Gasteiger partial charge is 0.212 e. The van der Waals surface area contributed by atoms with Crippen LogP contribution in [-0.2, 0) is 13.5 Å². The van der Waals surface area contributed by atoms with Crippen LogP contribution >= 0.6 is 0 Å². The Labute approximate surface area is 124 Å². The number of hydrogen-bond acceptors (Lipinski definition) is 0. The average molecular weight is 269 g/mol. The zero-order chi connectivity index (χ0) is 15.8. The number of hydrogen-bond donors (Lipinski definition) is 0. The minimum atomic E-state index is 0.199. The average Bonchev–Trinajstić information content (AvgIpc) is 2.32. The number of aromatic nitrogens is 1. The highest BCUT2D eigenvalue weighted by Crippen LogP contribution is 2.23. The predicted octanol–water partition coefficient (Wildman–Crippen LogP) is 4.38. The van der Waals surface area contributed by atoms with Gasteiger partial charge in [0.25, 0.3) is 0 Å². The van der Waals surface area contributed by atoms with E-state index < -0.39 is 0 Å². The molecule has 0 N–H and O–H groups in total. The molecule has 1 aromatic heterocycles. The normalized spacial score (nSPS) is 12.4. The molecule has 0 aliphatic heterocycles. The summed E-state index contributed by atoms with van der Waals surface area (Å²) in [5, 5.41) is 0. The first-order chi connectivity index (χ1) is 9.67. The third-order valence-electron chi connectivity index (χ3n) is 3.50. The molecule has 0 aliphatic carbocycles. The van der Waals surface area contributed by atoms with Crippen LogP contribution < -0.4 is 4.57 Å². The lowest BCUT2D eigenvalue weighted by atomic mass is 9.88. The van der Waals surface area contributed by atoms with Gasteiger partial charge in [0, 0.05) is 17.2 Å². The van der Waals surface area contributed by atoms with Gasteiger partial charge in [-0.05, 0) is 43.4 Å². The predicted molar refractivity (Wildman–Crippen MR) is 85.7 cm³/mol. The smallest absolute Gasteiger partial charge is 0.201 e. The van der Waals surface area contributed by atoms with Gasteiger partial charge in [-0.25, -0.2) is 4.57 Å². The summed E-state index contributed by atoms with van der Waals surface area (Å²) in [5.41, 5.74) is 6.15. The number of rotatable bonds is 2. The third-order valence-corrected chi connectivity index (χ3v) is 3.50. The van der Waals surface area contributed by atoms with Crippen LogP contribution in [-0.4, -0.2) is 0 Å². The topological polar surface area (TPSA) is 3.88 Å². The molecule has 2 rings (SSSR count). The van der Waals surface area contributed by atoms with Crippen molar-refractivity contribution < 1.29 is 5.94 Å². The second kappa shape index (κ2) is 5.40. The summed E-state index contributed by atoms with van der Waals surface area (Å²) in [4.78, 5) is 0. The minimum Gasteiger partial charge on any atom is -0.201 e. The molecule has 1 heteroatoms. The summed E-state index contributed by atoms with van der Waals surface area (Å²) in [6.07, 6.45) is 3.04. The number of pyridine rings is 1. The van der Waals surface area contributed by atoms with Crippen molar-refractivity contribution in [2.45, 2.75) is 41.0 Å². The lowest BCUT2D eigenvalue weighted by Crippen LogP contribution is -2.32. The van der Waals surface area contributed by atoms with Crippen molar-refractivity contribution in [3.8, 4) is 11.3 Å². The summed E-state index contributed by atoms with van der Waals surface area (Å²) < 4.78 is 10.5. The SMILES string of the molecule is [2H]c1cc(-c2ccc(C)cc2C)[n+](C)cc1CC(C)(C)C. The number of benzene rings is 1. The fourth-order valence-electron chi connectivity index (χ4n) is 2.64. The molecule has 0 spiro atoms. The second-order valence-electron chi connectivity index (χ2n) is 6.99. The summed E-state index contributed by atoms with van der Waals surface area (Å²) in [5.74, 6) is 0. The fourth-order valence-corrected chi connectivity index (χ4v) is 2.64. The highest BCUT2D eigenvalue weighted by Gasteiger charge is 2.16. The maximum absolute atomic E-state index is 8.34. The molecular weight excluding hydrogens is 242 g/mol. The van der Waals surface area contributed by atoms with Crippen LogP contribution in [0.1, 0.15) is 38.8 Å². The van der Waals surface area contributed by atoms with E-state index in [1.54, 1.807) is 0 Å². The van der Waals surface area contributed by atoms with E-state index in [9.17, 15) is 0 Å². The van der Waals surface area contributed by atoms with Crippen molar-refractivity contribution in [2.24, 2.45) is 12.5 Å². The number of nitrogens with zero attached hydrogens (tertiary/aromatic N) is 1. The van der Waals surface area contributed by atoms with Crippen molar-refractivity contribution in [1.29, 1.82) is 0 Å². The van der Waals surface area contributed by atoms with Crippen LogP contribution in [0, 0.1) is 19.3 Å². The molecular formula is C19H26N+. The van der Waals surface area contributed by atoms with E-state index in [1.807, 2.05) is 6.07 Å². The monoisotopic (exact) mass is 269 g/mol. The van der Waals surface area contributed by atoms with Gasteiger partial charge in [-0.1, -0.05) is 38.5 Å². The van der Waals surface area contributed by atoms with Crippen molar-refractivity contribution in [2.75, 3.05) is 0 Å². The molecule has 0 radical (unpaired) electrons. The second-order valence-corrected chi connectivity index (χ2v) is 6.99. The van der Waals surface area contributed by atoms with Crippen molar-refractivity contribution in [1.82, 2.24) is 0 Å². The van der Waals surface area contributed by atoms with Crippen LogP contribution in [0.15, 0.2) is 36.5 Å². The van der Waals surface area contributed by atoms with Crippen molar-refractivity contribution >= 4 is 0 Å². The lowest BCUT2D eigenvalue weighted by molar-refractivity contribution is -0.660. The molecule has 2 aromatic rings. The van der Waals surface area contributed by atoms with E-state index in [1.165, 1.54) is 16.7 Å². The van der Waals surface area contributed by atoms with Gasteiger partial charge in [0.2, 0.25) is 5.69 Å². The molecule has 0 saturated heterocycles. The first-order valence-electron chi connectivity index (χ1n) is 7.74. The molecule has 0 unspecified atom stereocenters. The van der Waals surface area contributed by atoms with Gasteiger partial charge in [0.15, 0.2) is 6.20 Å². The quantitative estimate of drug-likeness (QED) is 0.712. The Kier molecular flexibility index (Phi) is 3.60. The van der Waals surface area contributed by atoms with E-state index in [0.29, 0.717) is 6.04 Å². The Morgan fingerprint density at radius 1 is 1.15 bits per heavy atom. The minimum absolute atomic E-state index is 0.199. The molecule has 0 bridgehead atoms. The zero-order valence-corrected chi connectivity index (χ0v) is 13.5. The van der Waals surface area contributed by atoms with Gasteiger partial charge >= 0.3 is 0 Å². The highest BCUT2D eigenvalue weighted by atomic mass is 14.9. The van der Waals surface area contributed by atoms with E-state index in [-0.39, 0.29) is 5.41 Å². The Morgan fingerprint density at radius 3 is 2.45 bits per heavy atom. The standard InChI is InChI=1S/C19H26N/c1-14-7-9-17(15(2)11-14)18-10-8-16(13-20(18)6)12-19(3,4)5/h7-11,13H,12H2,1-6H3/q+1/i8D. The zero-order valence-electron chi connectivity index (χ0n) is 14.5. The Balaban J connectivity index is 2.50. The third kappa shape index (κ3) is 3.47. The summed E-state index contributed by atoms with van der Waals surface area (Å²) >= 11 is 0. The molecule has 106 valence electrons. The van der Waals surface area contributed by atoms with Gasteiger partial charge in [-0.3, -0.25) is 0 Å². The molecule has 0 aliphatic rings. The van der Waals surface area contributed by atoms with Crippen LogP contribution in [0.2, 0.25) is 0 Å². The molecule has 0 fully saturated rings. The van der Waals surface area contributed by atoms with Crippen molar-refractivity contribution in [3.05, 3.63) is 53.2 Å². The van der Waals surface area contributed by atoms with Crippen LogP contribution in [0.5, 0.6) is 0 Å². The molecule has 1 aromatic carbocycles. The van der Waals surface area contributed by atoms with Gasteiger partial charge in [0.1, 0.15) is 7.05 Å². The maximum atomic E-state index is 8.34. The lowest BCUT2D eigenvalue weighted by Gasteiger charge is -2.17. The molecule has 0 saturated carbocycles. The van der Waals surface area contributed by atoms with Gasteiger partial charge in [0.05, 0.1) is 1.37 Å². The molecule has 20 heavy (non-hydrogen) atoms. The highest BCUT2D eigenvalue weighted by molar-refractivity contribution is 5.61. The van der Waals surface area contributed by atoms with Crippen LogP contribution in [0.25, 0.3) is 11.3 Å². The molecule has 1 heterocycles. The Morgan fingerprint density at radius 2 is 1.85 bits per heavy atom. The summed E-state index contributed by atoms with van der Waals surface area (Å²) in [6.45, 7) is 10.9. The summed E-state index contributed by atoms with van der Waals surface area (Å²) in [7, 11) is 2.07. The molecule has 1 nitrogen and oxygen atoms in total. The van der Waals surface area contributed by atoms with E-state index in [4.69, 9.17) is 1.37 Å². The first kappa shape index (κ1) is 13.4. The van der Waals surface area contributed by atoms with Crippen LogP contribution in [0.4, 0.5) is 0 Å². The van der Waals surface area contributed by atoms with Crippen molar-refractivity contribution in [3.63, 3.8) is 0 Å². The Bertz CT molecular complexity index is 666. The van der Waals surface area contributed by atoms with Crippen LogP contribution in [0.3, 0.4) is 0 Å². The molecule has 0 amide bonds. The van der Waals surface area contributed by atoms with E-state index >= 15 is 0 Å². The fraction of sp³-hybridized carbons (Fsp3) is 0.421. The summed E-state index contributed by atoms with van der Waals surface area (Å²) in [6, 6.07) is 9.12. The Hall–Kier alpha value is -1.63.